The molecule has 1 amide bonds. The van der Waals surface area contributed by atoms with Crippen LogP contribution in [0.4, 0.5) is 0 Å². The van der Waals surface area contributed by atoms with E-state index < -0.39 is 58.4 Å². The van der Waals surface area contributed by atoms with Gasteiger partial charge in [0, 0.05) is 23.7 Å². The van der Waals surface area contributed by atoms with Gasteiger partial charge in [-0.15, -0.1) is 0 Å². The number of hydrogen-bond donors (Lipinski definition) is 5. The zero-order chi connectivity index (χ0) is 32.2. The molecule has 0 aromatic heterocycles. The lowest BCUT2D eigenvalue weighted by Crippen LogP contribution is -2.53. The topological polar surface area (TPSA) is 162 Å². The summed E-state index contributed by atoms with van der Waals surface area (Å²) in [7, 11) is 5.02. The van der Waals surface area contributed by atoms with Crippen LogP contribution in [0.2, 0.25) is 0 Å². The minimum Gasteiger partial charge on any atom is -0.511 e. The summed E-state index contributed by atoms with van der Waals surface area (Å²) in [6.07, 6.45) is 6.69. The minimum absolute atomic E-state index is 0.0599. The number of primary amides is 1. The summed E-state index contributed by atoms with van der Waals surface area (Å²) < 4.78 is 5.75. The Morgan fingerprint density at radius 1 is 1.02 bits per heavy atom. The number of phenols is 1. The highest BCUT2D eigenvalue weighted by molar-refractivity contribution is 6.22. The third-order valence-electron chi connectivity index (χ3n) is 10.2. The van der Waals surface area contributed by atoms with Crippen LogP contribution < -0.4 is 15.8 Å². The lowest BCUT2D eigenvalue weighted by Gasteiger charge is -2.46. The molecule has 4 atom stereocenters. The number of benzene rings is 2. The van der Waals surface area contributed by atoms with Crippen LogP contribution in [0.3, 0.4) is 0 Å². The highest BCUT2D eigenvalue weighted by Crippen LogP contribution is 2.52. The number of Topliss-reactive ketones (excluding diaryl/α,β-unsaturated/α-hetero) is 2. The lowest BCUT2D eigenvalue weighted by atomic mass is 9.60. The van der Waals surface area contributed by atoms with Crippen LogP contribution in [-0.4, -0.2) is 71.0 Å². The fraction of sp³-hybridized carbons (Fsp3) is 0.457. The molecule has 0 bridgehead atoms. The Balaban J connectivity index is 1.42. The molecule has 238 valence electrons. The predicted molar refractivity (Wildman–Crippen MR) is 168 cm³/mol. The van der Waals surface area contributed by atoms with Gasteiger partial charge in [0.2, 0.25) is 0 Å². The van der Waals surface area contributed by atoms with E-state index in [0.717, 1.165) is 16.7 Å². The van der Waals surface area contributed by atoms with Gasteiger partial charge in [-0.25, -0.2) is 0 Å². The van der Waals surface area contributed by atoms with Crippen molar-refractivity contribution in [3.63, 3.8) is 0 Å². The average molecular weight is 616 g/mol. The van der Waals surface area contributed by atoms with Gasteiger partial charge in [-0.2, -0.15) is 0 Å². The molecule has 2 aromatic rings. The van der Waals surface area contributed by atoms with Gasteiger partial charge < -0.3 is 31.1 Å². The highest BCUT2D eigenvalue weighted by atomic mass is 16.5. The molecule has 4 aliphatic rings. The lowest BCUT2D eigenvalue weighted by molar-refractivity contribution is -0.127. The molecule has 0 heterocycles. The molecule has 0 aliphatic heterocycles. The number of fused-ring (bicyclic) bond motifs is 3. The molecule has 0 saturated heterocycles. The van der Waals surface area contributed by atoms with Crippen molar-refractivity contribution < 1.29 is 34.4 Å². The van der Waals surface area contributed by atoms with Crippen molar-refractivity contribution in [1.29, 1.82) is 0 Å². The fourth-order valence-electron chi connectivity index (χ4n) is 8.17. The predicted octanol–water partition coefficient (Wildman–Crippen LogP) is 4.10. The number of carbonyl (C=O) groups is 3. The number of carbonyl (C=O) groups excluding carboxylic acids is 3. The van der Waals surface area contributed by atoms with Gasteiger partial charge >= 0.3 is 0 Å². The maximum atomic E-state index is 14.1. The van der Waals surface area contributed by atoms with Crippen LogP contribution in [0.15, 0.2) is 53.0 Å². The number of allylic oxidation sites excluding steroid dienone is 2. The fourth-order valence-corrected chi connectivity index (χ4v) is 8.17. The first-order valence-corrected chi connectivity index (χ1v) is 15.7. The van der Waals surface area contributed by atoms with Crippen LogP contribution in [0, 0.1) is 17.8 Å². The first-order valence-electron chi connectivity index (χ1n) is 15.7. The Morgan fingerprint density at radius 2 is 1.76 bits per heavy atom. The highest BCUT2D eigenvalue weighted by Gasteiger charge is 2.54. The zero-order valence-electron chi connectivity index (χ0n) is 25.9. The monoisotopic (exact) mass is 615 g/mol. The zero-order valence-corrected chi connectivity index (χ0v) is 25.9. The number of likely N-dealkylation sites (N-methyl/N-ethyl adjacent to an activating group) is 1. The van der Waals surface area contributed by atoms with Crippen molar-refractivity contribution in [1.82, 2.24) is 10.2 Å². The van der Waals surface area contributed by atoms with Gasteiger partial charge in [0.1, 0.15) is 28.6 Å². The first kappa shape index (κ1) is 30.9. The molecule has 10 nitrogen and oxygen atoms in total. The first-order chi connectivity index (χ1) is 21.5. The van der Waals surface area contributed by atoms with Crippen molar-refractivity contribution in [3.05, 3.63) is 69.7 Å². The van der Waals surface area contributed by atoms with E-state index in [1.54, 1.807) is 32.2 Å². The molecular formula is C35H41N3O7. The number of ether oxygens (including phenoxy) is 1. The number of nitrogens with zero attached hydrogens (tertiary/aromatic N) is 1. The Morgan fingerprint density at radius 3 is 2.42 bits per heavy atom. The van der Waals surface area contributed by atoms with E-state index in [4.69, 9.17) is 10.5 Å². The molecule has 10 heteroatoms. The summed E-state index contributed by atoms with van der Waals surface area (Å²) in [5.74, 6) is -5.19. The summed E-state index contributed by atoms with van der Waals surface area (Å²) in [5.41, 5.74) is 8.30. The van der Waals surface area contributed by atoms with E-state index in [1.807, 2.05) is 12.1 Å². The molecule has 2 aromatic carbocycles. The molecule has 45 heavy (non-hydrogen) atoms. The average Bonchev–Trinajstić information content (AvgIpc) is 3.00. The second kappa shape index (κ2) is 12.0. The summed E-state index contributed by atoms with van der Waals surface area (Å²) in [5, 5.41) is 37.2. The Bertz CT molecular complexity index is 1640. The third kappa shape index (κ3) is 5.19. The summed E-state index contributed by atoms with van der Waals surface area (Å²) >= 11 is 0. The van der Waals surface area contributed by atoms with Gasteiger partial charge in [0.15, 0.2) is 11.6 Å². The van der Waals surface area contributed by atoms with Crippen LogP contribution >= 0.6 is 0 Å². The van der Waals surface area contributed by atoms with E-state index in [9.17, 15) is 29.7 Å². The second-order valence-electron chi connectivity index (χ2n) is 13.0. The quantitative estimate of drug-likeness (QED) is 0.289. The summed E-state index contributed by atoms with van der Waals surface area (Å²) in [4.78, 5) is 41.5. The third-order valence-corrected chi connectivity index (χ3v) is 10.2. The number of phenolic OH excluding ortho intramolecular Hbond substituents is 1. The Labute approximate surface area is 262 Å². The minimum atomic E-state index is -1.22. The van der Waals surface area contributed by atoms with Gasteiger partial charge in [-0.1, -0.05) is 31.4 Å². The number of amides is 1. The van der Waals surface area contributed by atoms with E-state index in [1.165, 1.54) is 38.2 Å². The summed E-state index contributed by atoms with van der Waals surface area (Å²) in [6.45, 7) is 0.692. The summed E-state index contributed by atoms with van der Waals surface area (Å²) in [6, 6.07) is 8.98. The van der Waals surface area contributed by atoms with Gasteiger partial charge in [-0.05, 0) is 86.5 Å². The van der Waals surface area contributed by atoms with Crippen molar-refractivity contribution >= 4 is 17.5 Å². The van der Waals surface area contributed by atoms with Crippen LogP contribution in [0.1, 0.15) is 60.0 Å². The normalized spacial score (nSPS) is 25.2. The molecule has 1 saturated carbocycles. The van der Waals surface area contributed by atoms with Crippen molar-refractivity contribution in [2.75, 3.05) is 21.2 Å². The Hall–Kier alpha value is -4.15. The standard InChI is InChI=1S/C35H41N3O7/c1-38(2)30-23-15-18-14-22-20(21-13-17(9-12-25(21)45-3)16-37-19-7-5-4-6-8-19)10-11-24(39)27(22)31(40)26(18)32(41)28(23)33(42)29(34(30)43)35(36)44/h9-13,18-19,23,28,30,37,39,41,43H,4-8,14-16H2,1-3H3,(H2,36,44)/t18?,23?,28?,30-/m0/s1. The number of nitrogens with one attached hydrogen (secondary N) is 1. The molecule has 6 N–H and O–H groups in total. The molecular weight excluding hydrogens is 574 g/mol. The number of aliphatic hydroxyl groups excluding tert-OH is 2. The second-order valence-corrected chi connectivity index (χ2v) is 13.0. The smallest absolute Gasteiger partial charge is 0.255 e. The van der Waals surface area contributed by atoms with E-state index in [0.29, 0.717) is 30.3 Å². The number of aliphatic hydroxyl groups is 2. The number of rotatable bonds is 7. The van der Waals surface area contributed by atoms with Gasteiger partial charge in [-0.3, -0.25) is 19.3 Å². The van der Waals surface area contributed by atoms with Crippen molar-refractivity contribution in [2.45, 2.75) is 63.6 Å². The van der Waals surface area contributed by atoms with Gasteiger partial charge in [0.05, 0.1) is 24.6 Å². The Kier molecular flexibility index (Phi) is 8.22. The molecule has 6 rings (SSSR count). The van der Waals surface area contributed by atoms with E-state index >= 15 is 0 Å². The molecule has 0 spiro atoms. The SMILES string of the molecule is COc1ccc(CNC2CCCCC2)cc1-c1ccc(O)c2c1CC1CC3C(C(=O)C(C(N)=O)=C(O)[C@H]3N(C)C)C(O)=C1C2=O. The van der Waals surface area contributed by atoms with Crippen molar-refractivity contribution in [2.24, 2.45) is 23.5 Å². The maximum absolute atomic E-state index is 14.1. The number of hydrogen-bond acceptors (Lipinski definition) is 9. The maximum Gasteiger partial charge on any atom is 0.255 e. The molecule has 1 fully saturated rings. The molecule has 0 radical (unpaired) electrons. The van der Waals surface area contributed by atoms with Crippen molar-refractivity contribution in [3.8, 4) is 22.6 Å². The van der Waals surface area contributed by atoms with Crippen LogP contribution in [-0.2, 0) is 22.6 Å². The van der Waals surface area contributed by atoms with E-state index in [-0.39, 0.29) is 23.3 Å². The van der Waals surface area contributed by atoms with Crippen LogP contribution in [0.25, 0.3) is 11.1 Å². The largest absolute Gasteiger partial charge is 0.511 e. The van der Waals surface area contributed by atoms with Crippen LogP contribution in [0.5, 0.6) is 11.5 Å². The van der Waals surface area contributed by atoms with Gasteiger partial charge in [0.25, 0.3) is 5.91 Å². The number of methoxy groups -OCH3 is 1. The van der Waals surface area contributed by atoms with E-state index in [2.05, 4.69) is 11.4 Å². The number of nitrogens with two attached hydrogens (primary N) is 1. The molecule has 3 unspecified atom stereocenters. The number of aromatic hydroxyl groups is 1. The molecule has 4 aliphatic carbocycles. The number of ketones is 2.